The van der Waals surface area contributed by atoms with Crippen LogP contribution in [0.25, 0.3) is 0 Å². The summed E-state index contributed by atoms with van der Waals surface area (Å²) in [5.74, 6) is 0.402. The van der Waals surface area contributed by atoms with Crippen LogP contribution < -0.4 is 5.73 Å². The molecule has 0 radical (unpaired) electrons. The van der Waals surface area contributed by atoms with Crippen molar-refractivity contribution in [1.29, 1.82) is 0 Å². The first-order valence-electron chi connectivity index (χ1n) is 4.09. The molecule has 0 aliphatic rings. The second kappa shape index (κ2) is 3.57. The number of anilines is 1. The Hall–Kier alpha value is -1.05. The molecule has 1 nitrogen and oxygen atoms in total. The van der Waals surface area contributed by atoms with E-state index in [-0.39, 0.29) is 0 Å². The third-order valence-corrected chi connectivity index (χ3v) is 1.93. The summed E-state index contributed by atoms with van der Waals surface area (Å²) in [5.41, 5.74) is 8.17. The number of hydrogen-bond acceptors (Lipinski definition) is 1. The lowest BCUT2D eigenvalue weighted by atomic mass is 10.00. The molecule has 1 aromatic rings. The number of rotatable bonds is 2. The molecule has 0 saturated heterocycles. The van der Waals surface area contributed by atoms with E-state index in [1.807, 2.05) is 6.07 Å². The number of hydrogen-bond donors (Lipinski definition) is 1. The maximum absolute atomic E-state index is 12.2. The van der Waals surface area contributed by atoms with Crippen molar-refractivity contribution in [2.75, 3.05) is 5.73 Å². The van der Waals surface area contributed by atoms with E-state index in [0.717, 1.165) is 5.56 Å². The second-order valence-electron chi connectivity index (χ2n) is 3.25. The highest BCUT2D eigenvalue weighted by Gasteiger charge is 2.03. The van der Waals surface area contributed by atoms with Crippen LogP contribution in [0, 0.1) is 0 Å². The van der Waals surface area contributed by atoms with Gasteiger partial charge in [0.1, 0.15) is 6.67 Å². The van der Waals surface area contributed by atoms with E-state index in [9.17, 15) is 4.39 Å². The largest absolute Gasteiger partial charge is 0.398 e. The Morgan fingerprint density at radius 3 is 2.50 bits per heavy atom. The quantitative estimate of drug-likeness (QED) is 0.673. The molecule has 0 aliphatic carbocycles. The van der Waals surface area contributed by atoms with Gasteiger partial charge in [-0.25, -0.2) is 4.39 Å². The normalized spacial score (nSPS) is 10.7. The monoisotopic (exact) mass is 167 g/mol. The fourth-order valence-electron chi connectivity index (χ4n) is 1.23. The standard InChI is InChI=1S/C10H14FN/c1-7(2)9-4-3-8(6-11)5-10(9)12/h3-5,7H,6,12H2,1-2H3. The molecule has 0 bridgehead atoms. The van der Waals surface area contributed by atoms with Gasteiger partial charge in [0.15, 0.2) is 0 Å². The second-order valence-corrected chi connectivity index (χ2v) is 3.25. The van der Waals surface area contributed by atoms with E-state index in [2.05, 4.69) is 13.8 Å². The maximum atomic E-state index is 12.2. The molecule has 12 heavy (non-hydrogen) atoms. The summed E-state index contributed by atoms with van der Waals surface area (Å²) in [4.78, 5) is 0. The molecular formula is C10H14FN. The number of benzene rings is 1. The van der Waals surface area contributed by atoms with Gasteiger partial charge >= 0.3 is 0 Å². The zero-order chi connectivity index (χ0) is 9.14. The summed E-state index contributed by atoms with van der Waals surface area (Å²) in [6, 6.07) is 5.38. The first-order valence-corrected chi connectivity index (χ1v) is 4.09. The van der Waals surface area contributed by atoms with Crippen LogP contribution >= 0.6 is 0 Å². The van der Waals surface area contributed by atoms with Crippen LogP contribution in [0.1, 0.15) is 30.9 Å². The molecule has 1 rings (SSSR count). The van der Waals surface area contributed by atoms with Gasteiger partial charge in [-0.05, 0) is 23.1 Å². The van der Waals surface area contributed by atoms with Crippen molar-refractivity contribution in [3.63, 3.8) is 0 Å². The fraction of sp³-hybridized carbons (Fsp3) is 0.400. The predicted octanol–water partition coefficient (Wildman–Crippen LogP) is 2.86. The molecule has 1 aromatic carbocycles. The minimum absolute atomic E-state index is 0.402. The van der Waals surface area contributed by atoms with Gasteiger partial charge in [0, 0.05) is 5.69 Å². The summed E-state index contributed by atoms with van der Waals surface area (Å²) in [6.45, 7) is 3.70. The van der Waals surface area contributed by atoms with Gasteiger partial charge in [0.05, 0.1) is 0 Å². The van der Waals surface area contributed by atoms with Crippen molar-refractivity contribution >= 4 is 5.69 Å². The van der Waals surface area contributed by atoms with Crippen LogP contribution in [0.5, 0.6) is 0 Å². The lowest BCUT2D eigenvalue weighted by Crippen LogP contribution is -1.97. The fourth-order valence-corrected chi connectivity index (χ4v) is 1.23. The van der Waals surface area contributed by atoms with Crippen LogP contribution in [0.2, 0.25) is 0 Å². The number of nitrogen functional groups attached to an aromatic ring is 1. The molecule has 0 heterocycles. The lowest BCUT2D eigenvalue weighted by Gasteiger charge is -2.09. The Labute approximate surface area is 72.4 Å². The first kappa shape index (κ1) is 9.04. The Kier molecular flexibility index (Phi) is 2.69. The van der Waals surface area contributed by atoms with Crippen LogP contribution in [0.4, 0.5) is 10.1 Å². The Bertz CT molecular complexity index is 269. The van der Waals surface area contributed by atoms with Crippen molar-refractivity contribution in [3.8, 4) is 0 Å². The topological polar surface area (TPSA) is 26.0 Å². The first-order chi connectivity index (χ1) is 5.65. The molecule has 2 heteroatoms. The third-order valence-electron chi connectivity index (χ3n) is 1.93. The summed E-state index contributed by atoms with van der Waals surface area (Å²) in [5, 5.41) is 0. The van der Waals surface area contributed by atoms with E-state index in [1.54, 1.807) is 12.1 Å². The van der Waals surface area contributed by atoms with Crippen LogP contribution in [-0.2, 0) is 6.67 Å². The average molecular weight is 167 g/mol. The SMILES string of the molecule is CC(C)c1ccc(CF)cc1N. The van der Waals surface area contributed by atoms with Gasteiger partial charge in [-0.15, -0.1) is 0 Å². The molecule has 0 aromatic heterocycles. The number of alkyl halides is 1. The zero-order valence-corrected chi connectivity index (χ0v) is 7.47. The molecule has 0 unspecified atom stereocenters. The van der Waals surface area contributed by atoms with Crippen LogP contribution in [-0.4, -0.2) is 0 Å². The molecule has 66 valence electrons. The summed E-state index contributed by atoms with van der Waals surface area (Å²) < 4.78 is 12.2. The minimum Gasteiger partial charge on any atom is -0.398 e. The molecule has 0 aliphatic heterocycles. The smallest absolute Gasteiger partial charge is 0.115 e. The highest BCUT2D eigenvalue weighted by molar-refractivity contribution is 5.50. The zero-order valence-electron chi connectivity index (χ0n) is 7.47. The predicted molar refractivity (Wildman–Crippen MR) is 49.8 cm³/mol. The lowest BCUT2D eigenvalue weighted by molar-refractivity contribution is 0.485. The highest BCUT2D eigenvalue weighted by atomic mass is 19.1. The highest BCUT2D eigenvalue weighted by Crippen LogP contribution is 2.22. The average Bonchev–Trinajstić information content (AvgIpc) is 2.03. The number of nitrogens with two attached hydrogens (primary N) is 1. The number of halogens is 1. The van der Waals surface area contributed by atoms with E-state index in [1.165, 1.54) is 0 Å². The summed E-state index contributed by atoms with van der Waals surface area (Å²) in [7, 11) is 0. The molecule has 0 saturated carbocycles. The van der Waals surface area contributed by atoms with Crippen LogP contribution in [0.3, 0.4) is 0 Å². The van der Waals surface area contributed by atoms with Crippen molar-refractivity contribution in [3.05, 3.63) is 29.3 Å². The van der Waals surface area contributed by atoms with Crippen LogP contribution in [0.15, 0.2) is 18.2 Å². The minimum atomic E-state index is -0.442. The molecular weight excluding hydrogens is 153 g/mol. The molecule has 2 N–H and O–H groups in total. The van der Waals surface area contributed by atoms with Crippen molar-refractivity contribution in [2.24, 2.45) is 0 Å². The van der Waals surface area contributed by atoms with Gasteiger partial charge in [-0.3, -0.25) is 0 Å². The van der Waals surface area contributed by atoms with E-state index in [4.69, 9.17) is 5.73 Å². The van der Waals surface area contributed by atoms with Crippen molar-refractivity contribution < 1.29 is 4.39 Å². The van der Waals surface area contributed by atoms with Gasteiger partial charge in [-0.2, -0.15) is 0 Å². The van der Waals surface area contributed by atoms with E-state index < -0.39 is 6.67 Å². The molecule has 0 spiro atoms. The molecule has 0 atom stereocenters. The van der Waals surface area contributed by atoms with Crippen molar-refractivity contribution in [2.45, 2.75) is 26.4 Å². The Morgan fingerprint density at radius 1 is 1.42 bits per heavy atom. The van der Waals surface area contributed by atoms with Gasteiger partial charge in [0.25, 0.3) is 0 Å². The van der Waals surface area contributed by atoms with Crippen molar-refractivity contribution in [1.82, 2.24) is 0 Å². The van der Waals surface area contributed by atoms with Gasteiger partial charge in [-0.1, -0.05) is 26.0 Å². The maximum Gasteiger partial charge on any atom is 0.115 e. The van der Waals surface area contributed by atoms with E-state index in [0.29, 0.717) is 17.2 Å². The third kappa shape index (κ3) is 1.76. The summed E-state index contributed by atoms with van der Waals surface area (Å²) >= 11 is 0. The molecule has 0 fully saturated rings. The summed E-state index contributed by atoms with van der Waals surface area (Å²) in [6.07, 6.45) is 0. The molecule has 0 amide bonds. The van der Waals surface area contributed by atoms with E-state index >= 15 is 0 Å². The van der Waals surface area contributed by atoms with Gasteiger partial charge < -0.3 is 5.73 Å². The Morgan fingerprint density at radius 2 is 2.08 bits per heavy atom. The Balaban J connectivity index is 3.03. The van der Waals surface area contributed by atoms with Gasteiger partial charge in [0.2, 0.25) is 0 Å².